The second-order valence-corrected chi connectivity index (χ2v) is 6.49. The molecule has 1 aliphatic rings. The Morgan fingerprint density at radius 1 is 1.47 bits per heavy atom. The number of nitrogens with two attached hydrogens (primary N) is 1. The molecule has 110 valence electrons. The summed E-state index contributed by atoms with van der Waals surface area (Å²) < 4.78 is 0. The standard InChI is InChI=1S/C15H27NO2S/c1-4-13(16)12(10(2)3)8-14(17)15(18)7-5-6-11(19)9-15/h5-7,10,12-14,17-19H,4,8-9,16H2,1-3H3. The maximum Gasteiger partial charge on any atom is 0.113 e. The van der Waals surface area contributed by atoms with Gasteiger partial charge in [-0.15, -0.1) is 12.6 Å². The average molecular weight is 285 g/mol. The van der Waals surface area contributed by atoms with Crippen LogP contribution in [-0.4, -0.2) is 28.0 Å². The molecule has 0 aromatic rings. The van der Waals surface area contributed by atoms with Gasteiger partial charge >= 0.3 is 0 Å². The molecule has 3 nitrogen and oxygen atoms in total. The molecule has 0 aromatic carbocycles. The Hall–Kier alpha value is -0.290. The van der Waals surface area contributed by atoms with Gasteiger partial charge in [-0.3, -0.25) is 0 Å². The van der Waals surface area contributed by atoms with Gasteiger partial charge in [0.25, 0.3) is 0 Å². The van der Waals surface area contributed by atoms with Crippen molar-refractivity contribution in [1.29, 1.82) is 0 Å². The van der Waals surface area contributed by atoms with E-state index in [4.69, 9.17) is 5.73 Å². The van der Waals surface area contributed by atoms with Crippen molar-refractivity contribution in [3.8, 4) is 0 Å². The number of hydrogen-bond donors (Lipinski definition) is 4. The summed E-state index contributed by atoms with van der Waals surface area (Å²) in [6.07, 6.45) is 6.17. The fourth-order valence-electron chi connectivity index (χ4n) is 2.67. The van der Waals surface area contributed by atoms with Crippen LogP contribution in [0.4, 0.5) is 0 Å². The van der Waals surface area contributed by atoms with Gasteiger partial charge in [0.15, 0.2) is 0 Å². The van der Waals surface area contributed by atoms with E-state index in [0.717, 1.165) is 11.3 Å². The smallest absolute Gasteiger partial charge is 0.113 e. The molecule has 0 aromatic heterocycles. The van der Waals surface area contributed by atoms with Crippen molar-refractivity contribution in [2.45, 2.75) is 57.8 Å². The monoisotopic (exact) mass is 285 g/mol. The van der Waals surface area contributed by atoms with Gasteiger partial charge in [-0.1, -0.05) is 39.0 Å². The Bertz CT molecular complexity index is 354. The van der Waals surface area contributed by atoms with Crippen LogP contribution in [-0.2, 0) is 0 Å². The van der Waals surface area contributed by atoms with Crippen molar-refractivity contribution >= 4 is 12.6 Å². The van der Waals surface area contributed by atoms with Crippen LogP contribution in [0.5, 0.6) is 0 Å². The zero-order valence-electron chi connectivity index (χ0n) is 12.1. The molecular formula is C15H27NO2S. The largest absolute Gasteiger partial charge is 0.390 e. The summed E-state index contributed by atoms with van der Waals surface area (Å²) in [6.45, 7) is 6.27. The Balaban J connectivity index is 2.74. The second kappa shape index (κ2) is 6.93. The van der Waals surface area contributed by atoms with Gasteiger partial charge in [-0.05, 0) is 29.6 Å². The van der Waals surface area contributed by atoms with Crippen molar-refractivity contribution in [3.63, 3.8) is 0 Å². The summed E-state index contributed by atoms with van der Waals surface area (Å²) in [6, 6.07) is 0.0526. The minimum atomic E-state index is -1.22. The van der Waals surface area contributed by atoms with E-state index in [9.17, 15) is 10.2 Å². The summed E-state index contributed by atoms with van der Waals surface area (Å²) in [7, 11) is 0. The van der Waals surface area contributed by atoms with Crippen LogP contribution in [0.25, 0.3) is 0 Å². The number of thiol groups is 1. The summed E-state index contributed by atoms with van der Waals surface area (Å²) in [5, 5.41) is 20.9. The third-order valence-corrected chi connectivity index (χ3v) is 4.40. The molecule has 0 amide bonds. The molecule has 4 atom stereocenters. The summed E-state index contributed by atoms with van der Waals surface area (Å²) in [5.74, 6) is 0.582. The van der Waals surface area contributed by atoms with Gasteiger partial charge < -0.3 is 15.9 Å². The Kier molecular flexibility index (Phi) is 6.12. The number of hydrogen-bond acceptors (Lipinski definition) is 4. The van der Waals surface area contributed by atoms with E-state index in [2.05, 4.69) is 33.4 Å². The van der Waals surface area contributed by atoms with E-state index in [-0.39, 0.29) is 12.0 Å². The van der Waals surface area contributed by atoms with E-state index >= 15 is 0 Å². The van der Waals surface area contributed by atoms with E-state index in [0.29, 0.717) is 18.8 Å². The molecule has 0 bridgehead atoms. The zero-order chi connectivity index (χ0) is 14.6. The maximum atomic E-state index is 10.5. The zero-order valence-corrected chi connectivity index (χ0v) is 13.0. The number of allylic oxidation sites excluding steroid dienone is 2. The SMILES string of the molecule is CCC(N)C(CC(O)C1(O)C=CC=C(S)C1)C(C)C. The minimum Gasteiger partial charge on any atom is -0.390 e. The number of aliphatic hydroxyl groups excluding tert-OH is 1. The predicted molar refractivity (Wildman–Crippen MR) is 83.0 cm³/mol. The lowest BCUT2D eigenvalue weighted by molar-refractivity contribution is -0.0540. The molecule has 0 aliphatic heterocycles. The van der Waals surface area contributed by atoms with Crippen molar-refractivity contribution in [1.82, 2.24) is 0 Å². The van der Waals surface area contributed by atoms with Crippen LogP contribution in [0.2, 0.25) is 0 Å². The fourth-order valence-corrected chi connectivity index (χ4v) is 3.01. The third-order valence-electron chi connectivity index (χ3n) is 4.09. The molecule has 0 radical (unpaired) electrons. The number of aliphatic hydroxyl groups is 2. The van der Waals surface area contributed by atoms with Crippen LogP contribution in [0, 0.1) is 11.8 Å². The van der Waals surface area contributed by atoms with Crippen molar-refractivity contribution in [2.24, 2.45) is 17.6 Å². The van der Waals surface area contributed by atoms with Gasteiger partial charge in [0, 0.05) is 12.5 Å². The predicted octanol–water partition coefficient (Wildman–Crippen LogP) is 2.25. The van der Waals surface area contributed by atoms with Crippen molar-refractivity contribution in [2.75, 3.05) is 0 Å². The Morgan fingerprint density at radius 2 is 2.11 bits per heavy atom. The third kappa shape index (κ3) is 4.35. The highest BCUT2D eigenvalue weighted by Crippen LogP contribution is 2.33. The van der Waals surface area contributed by atoms with Crippen molar-refractivity contribution < 1.29 is 10.2 Å². The van der Waals surface area contributed by atoms with Crippen LogP contribution in [0.1, 0.15) is 40.0 Å². The molecule has 4 heteroatoms. The van der Waals surface area contributed by atoms with Crippen molar-refractivity contribution in [3.05, 3.63) is 23.1 Å². The topological polar surface area (TPSA) is 66.5 Å². The highest BCUT2D eigenvalue weighted by molar-refractivity contribution is 7.84. The first-order valence-electron chi connectivity index (χ1n) is 7.03. The first-order valence-corrected chi connectivity index (χ1v) is 7.48. The van der Waals surface area contributed by atoms with Gasteiger partial charge in [0.1, 0.15) is 5.60 Å². The molecule has 4 unspecified atom stereocenters. The first kappa shape index (κ1) is 16.8. The van der Waals surface area contributed by atoms with Gasteiger partial charge in [-0.25, -0.2) is 0 Å². The maximum absolute atomic E-state index is 10.5. The van der Waals surface area contributed by atoms with Gasteiger partial charge in [0.05, 0.1) is 6.10 Å². The normalized spacial score (nSPS) is 28.1. The summed E-state index contributed by atoms with van der Waals surface area (Å²) in [4.78, 5) is 0.782. The van der Waals surface area contributed by atoms with E-state index < -0.39 is 11.7 Å². The van der Waals surface area contributed by atoms with E-state index in [1.165, 1.54) is 0 Å². The minimum absolute atomic E-state index is 0.0526. The van der Waals surface area contributed by atoms with Crippen LogP contribution in [0.3, 0.4) is 0 Å². The molecule has 0 fully saturated rings. The second-order valence-electron chi connectivity index (χ2n) is 5.92. The van der Waals surface area contributed by atoms with E-state index in [1.807, 2.05) is 6.08 Å². The highest BCUT2D eigenvalue weighted by Gasteiger charge is 2.37. The fraction of sp³-hybridized carbons (Fsp3) is 0.733. The quantitative estimate of drug-likeness (QED) is 0.566. The van der Waals surface area contributed by atoms with Gasteiger partial charge in [0.2, 0.25) is 0 Å². The van der Waals surface area contributed by atoms with Crippen LogP contribution in [0.15, 0.2) is 23.1 Å². The lowest BCUT2D eigenvalue weighted by atomic mass is 9.77. The van der Waals surface area contributed by atoms with Crippen LogP contribution < -0.4 is 5.73 Å². The highest BCUT2D eigenvalue weighted by atomic mass is 32.1. The molecule has 19 heavy (non-hydrogen) atoms. The molecule has 4 N–H and O–H groups in total. The molecule has 0 saturated carbocycles. The molecule has 0 saturated heterocycles. The molecule has 0 spiro atoms. The molecule has 1 aliphatic carbocycles. The van der Waals surface area contributed by atoms with Crippen LogP contribution >= 0.6 is 12.6 Å². The number of rotatable bonds is 6. The Morgan fingerprint density at radius 3 is 2.58 bits per heavy atom. The lowest BCUT2D eigenvalue weighted by Gasteiger charge is -2.36. The lowest BCUT2D eigenvalue weighted by Crippen LogP contribution is -2.45. The summed E-state index contributed by atoms with van der Waals surface area (Å²) in [5.41, 5.74) is 4.91. The summed E-state index contributed by atoms with van der Waals surface area (Å²) >= 11 is 4.27. The average Bonchev–Trinajstić information content (AvgIpc) is 2.34. The molecule has 0 heterocycles. The molecule has 1 rings (SSSR count). The van der Waals surface area contributed by atoms with E-state index in [1.54, 1.807) is 12.2 Å². The first-order chi connectivity index (χ1) is 8.80. The Labute approximate surface area is 122 Å². The van der Waals surface area contributed by atoms with Gasteiger partial charge in [-0.2, -0.15) is 0 Å². The molecular weight excluding hydrogens is 258 g/mol.